The molecule has 4 rings (SSSR count). The summed E-state index contributed by atoms with van der Waals surface area (Å²) in [5.41, 5.74) is 2.38. The number of nitrogens with zero attached hydrogens (tertiary/aromatic N) is 2. The van der Waals surface area contributed by atoms with Gasteiger partial charge < -0.3 is 9.64 Å². The molecule has 2 aliphatic rings. The molecule has 2 heterocycles. The number of ether oxygens (including phenoxy) is 1. The number of fused-ring (bicyclic) bond motifs is 1. The molecule has 8 heteroatoms. The number of rotatable bonds is 4. The van der Waals surface area contributed by atoms with Gasteiger partial charge in [-0.05, 0) is 74.6 Å². The van der Waals surface area contributed by atoms with Crippen LogP contribution < -0.4 is 4.90 Å². The van der Waals surface area contributed by atoms with E-state index in [0.717, 1.165) is 31.2 Å². The summed E-state index contributed by atoms with van der Waals surface area (Å²) in [6.07, 6.45) is 4.18. The molecule has 1 atom stereocenters. The van der Waals surface area contributed by atoms with Crippen LogP contribution in [0.15, 0.2) is 47.4 Å². The lowest BCUT2D eigenvalue weighted by atomic mass is 9.95. The van der Waals surface area contributed by atoms with Crippen LogP contribution in [0.3, 0.4) is 0 Å². The lowest BCUT2D eigenvalue weighted by molar-refractivity contribution is 0.0599. The standard InChI is InChI=1S/C24H28N2O5S/c1-17-7-3-4-16-26(17)32(29,30)19-13-11-18(12-14-19)23(27)25-15-6-9-20-21(24(28)31-2)8-5-10-22(20)25/h5,8,10-14,17H,3-4,6-7,9,15-16H2,1-2H3/t17-/m1/s1. The fraction of sp³-hybridized carbons (Fsp3) is 0.417. The van der Waals surface area contributed by atoms with Crippen molar-refractivity contribution in [1.82, 2.24) is 4.31 Å². The molecular formula is C24H28N2O5S. The molecule has 0 bridgehead atoms. The minimum atomic E-state index is -3.59. The number of methoxy groups -OCH3 is 1. The lowest BCUT2D eigenvalue weighted by Gasteiger charge is -2.32. The van der Waals surface area contributed by atoms with E-state index in [1.165, 1.54) is 19.2 Å². The highest BCUT2D eigenvalue weighted by atomic mass is 32.2. The molecule has 1 amide bonds. The Hall–Kier alpha value is -2.71. The zero-order valence-electron chi connectivity index (χ0n) is 18.4. The van der Waals surface area contributed by atoms with E-state index in [-0.39, 0.29) is 16.8 Å². The van der Waals surface area contributed by atoms with Gasteiger partial charge in [-0.1, -0.05) is 12.5 Å². The van der Waals surface area contributed by atoms with Crippen molar-refractivity contribution in [2.75, 3.05) is 25.1 Å². The molecule has 1 saturated heterocycles. The van der Waals surface area contributed by atoms with Gasteiger partial charge in [-0.15, -0.1) is 0 Å². The van der Waals surface area contributed by atoms with E-state index < -0.39 is 16.0 Å². The number of anilines is 1. The molecular weight excluding hydrogens is 428 g/mol. The average molecular weight is 457 g/mol. The van der Waals surface area contributed by atoms with Crippen molar-refractivity contribution < 1.29 is 22.7 Å². The van der Waals surface area contributed by atoms with Crippen LogP contribution in [0.4, 0.5) is 5.69 Å². The van der Waals surface area contributed by atoms with Gasteiger partial charge in [-0.2, -0.15) is 4.31 Å². The molecule has 0 aromatic heterocycles. The number of carbonyl (C=O) groups is 2. The molecule has 0 unspecified atom stereocenters. The Labute approximate surface area is 189 Å². The smallest absolute Gasteiger partial charge is 0.338 e. The molecule has 0 saturated carbocycles. The average Bonchev–Trinajstić information content (AvgIpc) is 2.82. The molecule has 32 heavy (non-hydrogen) atoms. The quantitative estimate of drug-likeness (QED) is 0.656. The lowest BCUT2D eigenvalue weighted by Crippen LogP contribution is -2.41. The third-order valence-electron chi connectivity index (χ3n) is 6.35. The van der Waals surface area contributed by atoms with E-state index in [4.69, 9.17) is 4.74 Å². The Balaban J connectivity index is 1.60. The SMILES string of the molecule is COC(=O)c1cccc2c1CCCN2C(=O)c1ccc(S(=O)(=O)N2CCCC[C@H]2C)cc1. The fourth-order valence-corrected chi connectivity index (χ4v) is 6.33. The van der Waals surface area contributed by atoms with E-state index in [1.807, 2.05) is 13.0 Å². The summed E-state index contributed by atoms with van der Waals surface area (Å²) in [6, 6.07) is 11.4. The van der Waals surface area contributed by atoms with E-state index in [1.54, 1.807) is 33.5 Å². The first kappa shape index (κ1) is 22.5. The van der Waals surface area contributed by atoms with Crippen molar-refractivity contribution in [3.05, 3.63) is 59.2 Å². The van der Waals surface area contributed by atoms with E-state index in [0.29, 0.717) is 36.3 Å². The maximum atomic E-state index is 13.3. The largest absolute Gasteiger partial charge is 0.465 e. The van der Waals surface area contributed by atoms with E-state index >= 15 is 0 Å². The zero-order chi connectivity index (χ0) is 22.9. The fourth-order valence-electron chi connectivity index (χ4n) is 4.63. The highest BCUT2D eigenvalue weighted by Crippen LogP contribution is 2.32. The van der Waals surface area contributed by atoms with Crippen LogP contribution >= 0.6 is 0 Å². The first-order chi connectivity index (χ1) is 15.3. The number of esters is 1. The van der Waals surface area contributed by atoms with E-state index in [2.05, 4.69) is 0 Å². The summed E-state index contributed by atoms with van der Waals surface area (Å²) in [6.45, 7) is 2.99. The van der Waals surface area contributed by atoms with Crippen LogP contribution in [0.2, 0.25) is 0 Å². The number of carbonyl (C=O) groups excluding carboxylic acids is 2. The topological polar surface area (TPSA) is 84.0 Å². The molecule has 7 nitrogen and oxygen atoms in total. The van der Waals surface area contributed by atoms with Gasteiger partial charge in [0, 0.05) is 30.4 Å². The van der Waals surface area contributed by atoms with Gasteiger partial charge in [0.05, 0.1) is 17.6 Å². The van der Waals surface area contributed by atoms with Gasteiger partial charge in [0.25, 0.3) is 5.91 Å². The first-order valence-corrected chi connectivity index (χ1v) is 12.4. The number of piperidine rings is 1. The van der Waals surface area contributed by atoms with Gasteiger partial charge in [0.2, 0.25) is 10.0 Å². The van der Waals surface area contributed by atoms with Crippen molar-refractivity contribution in [2.24, 2.45) is 0 Å². The Kier molecular flexibility index (Phi) is 6.35. The Bertz CT molecular complexity index is 1130. The van der Waals surface area contributed by atoms with Crippen molar-refractivity contribution in [1.29, 1.82) is 0 Å². The Morgan fingerprint density at radius 2 is 1.75 bits per heavy atom. The summed E-state index contributed by atoms with van der Waals surface area (Å²) < 4.78 is 32.6. The highest BCUT2D eigenvalue weighted by molar-refractivity contribution is 7.89. The van der Waals surface area contributed by atoms with Crippen LogP contribution in [0.1, 0.15) is 58.9 Å². The molecule has 0 spiro atoms. The third-order valence-corrected chi connectivity index (χ3v) is 8.38. The summed E-state index contributed by atoms with van der Waals surface area (Å²) in [5.74, 6) is -0.638. The number of hydrogen-bond acceptors (Lipinski definition) is 5. The second kappa shape index (κ2) is 9.03. The van der Waals surface area contributed by atoms with Crippen LogP contribution in [-0.4, -0.2) is 50.8 Å². The van der Waals surface area contributed by atoms with Crippen molar-refractivity contribution >= 4 is 27.6 Å². The molecule has 0 radical (unpaired) electrons. The van der Waals surface area contributed by atoms with Crippen LogP contribution in [-0.2, 0) is 21.2 Å². The van der Waals surface area contributed by atoms with Crippen LogP contribution in [0.25, 0.3) is 0 Å². The Morgan fingerprint density at radius 3 is 2.44 bits per heavy atom. The third kappa shape index (κ3) is 4.04. The minimum Gasteiger partial charge on any atom is -0.465 e. The normalized spacial score (nSPS) is 19.3. The summed E-state index contributed by atoms with van der Waals surface area (Å²) in [7, 11) is -2.25. The van der Waals surface area contributed by atoms with Gasteiger partial charge in [0.1, 0.15) is 0 Å². The first-order valence-electron chi connectivity index (χ1n) is 11.0. The predicted octanol–water partition coefficient (Wildman–Crippen LogP) is 3.63. The minimum absolute atomic E-state index is 0.0242. The summed E-state index contributed by atoms with van der Waals surface area (Å²) in [4.78, 5) is 27.3. The second-order valence-corrected chi connectivity index (χ2v) is 10.2. The van der Waals surface area contributed by atoms with Gasteiger partial charge >= 0.3 is 5.97 Å². The maximum absolute atomic E-state index is 13.3. The van der Waals surface area contributed by atoms with Gasteiger partial charge in [-0.3, -0.25) is 4.79 Å². The highest BCUT2D eigenvalue weighted by Gasteiger charge is 2.32. The monoisotopic (exact) mass is 456 g/mol. The van der Waals surface area contributed by atoms with Crippen molar-refractivity contribution in [2.45, 2.75) is 50.0 Å². The molecule has 2 aromatic carbocycles. The second-order valence-electron chi connectivity index (χ2n) is 8.34. The predicted molar refractivity (Wildman–Crippen MR) is 121 cm³/mol. The van der Waals surface area contributed by atoms with Gasteiger partial charge in [0.15, 0.2) is 0 Å². The molecule has 170 valence electrons. The summed E-state index contributed by atoms with van der Waals surface area (Å²) >= 11 is 0. The number of hydrogen-bond donors (Lipinski definition) is 0. The number of benzene rings is 2. The number of sulfonamides is 1. The van der Waals surface area contributed by atoms with Gasteiger partial charge in [-0.25, -0.2) is 13.2 Å². The molecule has 0 aliphatic carbocycles. The van der Waals surface area contributed by atoms with Crippen molar-refractivity contribution in [3.8, 4) is 0 Å². The van der Waals surface area contributed by atoms with Crippen LogP contribution in [0, 0.1) is 0 Å². The van der Waals surface area contributed by atoms with Crippen molar-refractivity contribution in [3.63, 3.8) is 0 Å². The Morgan fingerprint density at radius 1 is 1.00 bits per heavy atom. The molecule has 1 fully saturated rings. The molecule has 2 aliphatic heterocycles. The maximum Gasteiger partial charge on any atom is 0.338 e. The zero-order valence-corrected chi connectivity index (χ0v) is 19.2. The molecule has 2 aromatic rings. The number of amides is 1. The summed E-state index contributed by atoms with van der Waals surface area (Å²) in [5, 5.41) is 0. The molecule has 0 N–H and O–H groups in total. The van der Waals surface area contributed by atoms with Crippen LogP contribution in [0.5, 0.6) is 0 Å². The van der Waals surface area contributed by atoms with E-state index in [9.17, 15) is 18.0 Å².